The summed E-state index contributed by atoms with van der Waals surface area (Å²) in [6.45, 7) is -3.09. The Balaban J connectivity index is 2.02. The number of halogens is 3. The Morgan fingerprint density at radius 2 is 2.19 bits per heavy atom. The van der Waals surface area contributed by atoms with Crippen molar-refractivity contribution in [2.45, 2.75) is 38.3 Å². The summed E-state index contributed by atoms with van der Waals surface area (Å²) in [5.41, 5.74) is 5.90. The van der Waals surface area contributed by atoms with Crippen LogP contribution in [0.15, 0.2) is 18.2 Å². The number of carbonyl (C=O) groups excluding carboxylic acids is 1. The van der Waals surface area contributed by atoms with E-state index in [9.17, 15) is 18.0 Å². The van der Waals surface area contributed by atoms with E-state index >= 15 is 0 Å². The van der Waals surface area contributed by atoms with Crippen LogP contribution >= 0.6 is 0 Å². The van der Waals surface area contributed by atoms with Crippen molar-refractivity contribution >= 4 is 11.6 Å². The second-order valence-corrected chi connectivity index (χ2v) is 5.13. The van der Waals surface area contributed by atoms with Crippen molar-refractivity contribution in [2.24, 2.45) is 11.7 Å². The molecule has 1 aliphatic carbocycles. The lowest BCUT2D eigenvalue weighted by molar-refractivity contribution is -0.117. The average Bonchev–Trinajstić information content (AvgIpc) is 2.78. The molecule has 0 heterocycles. The molecule has 2 rings (SSSR count). The largest absolute Gasteiger partial charge is 0.432 e. The van der Waals surface area contributed by atoms with Gasteiger partial charge >= 0.3 is 6.61 Å². The number of nitrogens with two attached hydrogens (primary N) is 1. The van der Waals surface area contributed by atoms with Gasteiger partial charge in [0, 0.05) is 18.5 Å². The number of amides is 1. The van der Waals surface area contributed by atoms with Crippen molar-refractivity contribution in [1.29, 1.82) is 0 Å². The molecule has 1 saturated carbocycles. The maximum atomic E-state index is 13.1. The number of hydrogen-bond acceptors (Lipinski definition) is 3. The van der Waals surface area contributed by atoms with E-state index in [0.717, 1.165) is 31.4 Å². The molecule has 0 aliphatic heterocycles. The van der Waals surface area contributed by atoms with Crippen molar-refractivity contribution < 1.29 is 22.7 Å². The standard InChI is InChI=1S/C14H17F3N2O2/c15-9-4-5-11(12(7-9)21-14(16)17)19-13(20)6-8-2-1-3-10(8)18/h4-5,7-8,10,14H,1-3,6,18H2,(H,19,20)/t8-,10+/m0/s1. The van der Waals surface area contributed by atoms with E-state index in [4.69, 9.17) is 5.73 Å². The molecule has 1 aromatic rings. The second-order valence-electron chi connectivity index (χ2n) is 5.13. The van der Waals surface area contributed by atoms with Gasteiger partial charge in [-0.15, -0.1) is 0 Å². The first kappa shape index (κ1) is 15.6. The molecule has 7 heteroatoms. The van der Waals surface area contributed by atoms with Gasteiger partial charge in [0.15, 0.2) is 5.75 Å². The molecule has 3 N–H and O–H groups in total. The third-order valence-corrected chi connectivity index (χ3v) is 3.60. The molecule has 1 fully saturated rings. The minimum Gasteiger partial charge on any atom is -0.432 e. The summed E-state index contributed by atoms with van der Waals surface area (Å²) >= 11 is 0. The van der Waals surface area contributed by atoms with E-state index in [2.05, 4.69) is 10.1 Å². The molecule has 0 bridgehead atoms. The molecule has 0 spiro atoms. The SMILES string of the molecule is N[C@@H]1CCC[C@H]1CC(=O)Nc1ccc(F)cc1OC(F)F. The molecule has 0 saturated heterocycles. The van der Waals surface area contributed by atoms with Crippen LogP contribution in [0.2, 0.25) is 0 Å². The highest BCUT2D eigenvalue weighted by atomic mass is 19.3. The second kappa shape index (κ2) is 6.80. The summed E-state index contributed by atoms with van der Waals surface area (Å²) in [5.74, 6) is -1.37. The maximum absolute atomic E-state index is 13.1. The van der Waals surface area contributed by atoms with Crippen molar-refractivity contribution in [2.75, 3.05) is 5.32 Å². The van der Waals surface area contributed by atoms with Crippen molar-refractivity contribution in [1.82, 2.24) is 0 Å². The molecule has 1 amide bonds. The predicted molar refractivity (Wildman–Crippen MR) is 71.6 cm³/mol. The fourth-order valence-corrected chi connectivity index (χ4v) is 2.55. The van der Waals surface area contributed by atoms with Gasteiger partial charge < -0.3 is 15.8 Å². The van der Waals surface area contributed by atoms with E-state index in [-0.39, 0.29) is 30.0 Å². The van der Waals surface area contributed by atoms with Gasteiger partial charge in [0.25, 0.3) is 0 Å². The summed E-state index contributed by atoms with van der Waals surface area (Å²) < 4.78 is 41.8. The lowest BCUT2D eigenvalue weighted by Crippen LogP contribution is -2.28. The molecular formula is C14H17F3N2O2. The van der Waals surface area contributed by atoms with Gasteiger partial charge in [-0.25, -0.2) is 4.39 Å². The molecule has 1 aromatic carbocycles. The van der Waals surface area contributed by atoms with Crippen LogP contribution in [0, 0.1) is 11.7 Å². The topological polar surface area (TPSA) is 64.4 Å². The molecule has 21 heavy (non-hydrogen) atoms. The van der Waals surface area contributed by atoms with Crippen molar-refractivity contribution in [3.63, 3.8) is 0 Å². The van der Waals surface area contributed by atoms with Gasteiger partial charge in [-0.2, -0.15) is 8.78 Å². The number of alkyl halides is 2. The first-order valence-corrected chi connectivity index (χ1v) is 6.75. The predicted octanol–water partition coefficient (Wildman–Crippen LogP) is 2.88. The van der Waals surface area contributed by atoms with Crippen LogP contribution in [0.5, 0.6) is 5.75 Å². The van der Waals surface area contributed by atoms with Gasteiger partial charge in [-0.1, -0.05) is 6.42 Å². The molecule has 1 aliphatic rings. The Labute approximate surface area is 120 Å². The zero-order chi connectivity index (χ0) is 15.4. The van der Waals surface area contributed by atoms with Gasteiger partial charge in [0.2, 0.25) is 5.91 Å². The highest BCUT2D eigenvalue weighted by Gasteiger charge is 2.26. The van der Waals surface area contributed by atoms with Gasteiger partial charge in [-0.05, 0) is 30.9 Å². The Kier molecular flexibility index (Phi) is 5.06. The van der Waals surface area contributed by atoms with Crippen LogP contribution in [-0.4, -0.2) is 18.6 Å². The summed E-state index contributed by atoms with van der Waals surface area (Å²) in [6.07, 6.45) is 2.95. The van der Waals surface area contributed by atoms with Gasteiger partial charge in [0.05, 0.1) is 5.69 Å². The molecule has 4 nitrogen and oxygen atoms in total. The molecule has 116 valence electrons. The monoisotopic (exact) mass is 302 g/mol. The van der Waals surface area contributed by atoms with E-state index in [1.807, 2.05) is 0 Å². The van der Waals surface area contributed by atoms with Crippen LogP contribution < -0.4 is 15.8 Å². The zero-order valence-electron chi connectivity index (χ0n) is 11.3. The summed E-state index contributed by atoms with van der Waals surface area (Å²) in [5, 5.41) is 2.47. The lowest BCUT2D eigenvalue weighted by atomic mass is 10.00. The van der Waals surface area contributed by atoms with Crippen molar-refractivity contribution in [3.8, 4) is 5.75 Å². The van der Waals surface area contributed by atoms with Gasteiger partial charge in [0.1, 0.15) is 5.82 Å². The van der Waals surface area contributed by atoms with Crippen LogP contribution in [0.4, 0.5) is 18.9 Å². The van der Waals surface area contributed by atoms with Crippen molar-refractivity contribution in [3.05, 3.63) is 24.0 Å². The zero-order valence-corrected chi connectivity index (χ0v) is 11.3. The Hall–Kier alpha value is -1.76. The number of hydrogen-bond donors (Lipinski definition) is 2. The summed E-state index contributed by atoms with van der Waals surface area (Å²) in [4.78, 5) is 11.9. The number of rotatable bonds is 5. The third-order valence-electron chi connectivity index (χ3n) is 3.60. The minimum absolute atomic E-state index is 0.0132. The molecule has 2 atom stereocenters. The Morgan fingerprint density at radius 1 is 1.43 bits per heavy atom. The minimum atomic E-state index is -3.09. The van der Waals surface area contributed by atoms with E-state index in [1.165, 1.54) is 6.07 Å². The van der Waals surface area contributed by atoms with Crippen LogP contribution in [0.1, 0.15) is 25.7 Å². The number of carbonyl (C=O) groups is 1. The lowest BCUT2D eigenvalue weighted by Gasteiger charge is -2.16. The number of anilines is 1. The normalized spacial score (nSPS) is 21.6. The maximum Gasteiger partial charge on any atom is 0.387 e. The highest BCUT2D eigenvalue weighted by molar-refractivity contribution is 5.92. The average molecular weight is 302 g/mol. The van der Waals surface area contributed by atoms with Crippen LogP contribution in [0.25, 0.3) is 0 Å². The Bertz CT molecular complexity index is 511. The summed E-state index contributed by atoms with van der Waals surface area (Å²) in [6, 6.07) is 3.05. The molecule has 0 unspecified atom stereocenters. The number of ether oxygens (including phenoxy) is 1. The number of benzene rings is 1. The first-order chi connectivity index (χ1) is 9.95. The first-order valence-electron chi connectivity index (χ1n) is 6.75. The quantitative estimate of drug-likeness (QED) is 0.879. The molecule has 0 aromatic heterocycles. The smallest absolute Gasteiger partial charge is 0.387 e. The Morgan fingerprint density at radius 3 is 2.81 bits per heavy atom. The van der Waals surface area contributed by atoms with Crippen LogP contribution in [0.3, 0.4) is 0 Å². The van der Waals surface area contributed by atoms with E-state index in [1.54, 1.807) is 0 Å². The summed E-state index contributed by atoms with van der Waals surface area (Å²) in [7, 11) is 0. The fraction of sp³-hybridized carbons (Fsp3) is 0.500. The van der Waals surface area contributed by atoms with E-state index in [0.29, 0.717) is 0 Å². The van der Waals surface area contributed by atoms with E-state index < -0.39 is 18.2 Å². The highest BCUT2D eigenvalue weighted by Crippen LogP contribution is 2.30. The third kappa shape index (κ3) is 4.35. The van der Waals surface area contributed by atoms with Crippen LogP contribution in [-0.2, 0) is 4.79 Å². The number of nitrogens with one attached hydrogen (secondary N) is 1. The van der Waals surface area contributed by atoms with Gasteiger partial charge in [-0.3, -0.25) is 4.79 Å². The molecular weight excluding hydrogens is 285 g/mol. The fourth-order valence-electron chi connectivity index (χ4n) is 2.55. The molecule has 0 radical (unpaired) electrons.